The molecular weight excluding hydrogens is 448 g/mol. The number of amides is 1. The predicted octanol–water partition coefficient (Wildman–Crippen LogP) is 4.74. The maximum Gasteiger partial charge on any atom is 0.226 e. The van der Waals surface area contributed by atoms with Crippen LogP contribution in [0.1, 0.15) is 31.7 Å². The molecule has 2 fully saturated rings. The number of carbonyl (C=O) groups is 1. The van der Waals surface area contributed by atoms with Crippen LogP contribution in [0.15, 0.2) is 42.5 Å². The van der Waals surface area contributed by atoms with Crippen molar-refractivity contribution in [2.75, 3.05) is 24.5 Å². The number of benzene rings is 2. The van der Waals surface area contributed by atoms with Gasteiger partial charge in [0.05, 0.1) is 5.52 Å². The summed E-state index contributed by atoms with van der Waals surface area (Å²) in [7, 11) is 0. The van der Waals surface area contributed by atoms with Crippen LogP contribution in [0.3, 0.4) is 0 Å². The number of anilines is 1. The van der Waals surface area contributed by atoms with Crippen LogP contribution in [0.2, 0.25) is 5.02 Å². The number of fused-ring (bicyclic) bond motifs is 3. The molecule has 0 N–H and O–H groups in total. The molecule has 0 radical (unpaired) electrons. The molecule has 1 amide bonds. The van der Waals surface area contributed by atoms with Crippen LogP contribution < -0.4 is 4.90 Å². The lowest BCUT2D eigenvalue weighted by molar-refractivity contribution is -0.140. The summed E-state index contributed by atoms with van der Waals surface area (Å²) < 4.78 is 2.06. The molecule has 174 valence electrons. The van der Waals surface area contributed by atoms with Crippen LogP contribution >= 0.6 is 11.6 Å². The van der Waals surface area contributed by atoms with Crippen LogP contribution in [0, 0.1) is 12.8 Å². The van der Waals surface area contributed by atoms with Gasteiger partial charge in [-0.15, -0.1) is 10.2 Å². The number of piperazine rings is 1. The summed E-state index contributed by atoms with van der Waals surface area (Å²) in [6.07, 6.45) is 3.22. The summed E-state index contributed by atoms with van der Waals surface area (Å²) in [4.78, 5) is 22.3. The first kappa shape index (κ1) is 21.4. The molecule has 1 saturated heterocycles. The van der Waals surface area contributed by atoms with Crippen molar-refractivity contribution < 1.29 is 4.79 Å². The first-order valence-electron chi connectivity index (χ1n) is 12.0. The number of hydrogen-bond acceptors (Lipinski definition) is 5. The molecule has 0 spiro atoms. The monoisotopic (exact) mass is 474 g/mol. The van der Waals surface area contributed by atoms with Gasteiger partial charge in [0.2, 0.25) is 11.9 Å². The van der Waals surface area contributed by atoms with E-state index in [1.165, 1.54) is 6.42 Å². The van der Waals surface area contributed by atoms with Gasteiger partial charge in [0.1, 0.15) is 0 Å². The molecule has 2 aliphatic rings. The number of aromatic nitrogens is 4. The third-order valence-electron chi connectivity index (χ3n) is 7.32. The summed E-state index contributed by atoms with van der Waals surface area (Å²) >= 11 is 6.32. The maximum atomic E-state index is 12.9. The average Bonchev–Trinajstić information content (AvgIpc) is 3.22. The molecule has 0 unspecified atom stereocenters. The van der Waals surface area contributed by atoms with Crippen molar-refractivity contribution in [3.05, 3.63) is 53.1 Å². The lowest BCUT2D eigenvalue weighted by Crippen LogP contribution is -2.56. The largest absolute Gasteiger partial charge is 0.338 e. The second kappa shape index (κ2) is 8.24. The summed E-state index contributed by atoms with van der Waals surface area (Å²) in [6, 6.07) is 14.0. The smallest absolute Gasteiger partial charge is 0.226 e. The zero-order valence-corrected chi connectivity index (χ0v) is 20.2. The number of halogens is 1. The van der Waals surface area contributed by atoms with Crippen molar-refractivity contribution in [2.45, 2.75) is 39.2 Å². The normalized spacial score (nSPS) is 19.1. The topological polar surface area (TPSA) is 66.6 Å². The second-order valence-corrected chi connectivity index (χ2v) is 9.96. The Balaban J connectivity index is 1.47. The molecule has 7 nitrogen and oxygen atoms in total. The fourth-order valence-electron chi connectivity index (χ4n) is 5.16. The molecule has 2 aromatic carbocycles. The highest BCUT2D eigenvalue weighted by molar-refractivity contribution is 6.31. The maximum absolute atomic E-state index is 12.9. The van der Waals surface area contributed by atoms with E-state index in [1.807, 2.05) is 30.3 Å². The number of rotatable bonds is 3. The number of hydrogen-bond donors (Lipinski definition) is 0. The Hall–Kier alpha value is -3.19. The molecule has 1 aliphatic carbocycles. The number of nitrogens with zero attached hydrogens (tertiary/aromatic N) is 6. The van der Waals surface area contributed by atoms with E-state index in [0.29, 0.717) is 30.6 Å². The van der Waals surface area contributed by atoms with Gasteiger partial charge in [-0.1, -0.05) is 42.3 Å². The van der Waals surface area contributed by atoms with E-state index in [-0.39, 0.29) is 12.0 Å². The van der Waals surface area contributed by atoms with Gasteiger partial charge in [0.15, 0.2) is 11.5 Å². The van der Waals surface area contributed by atoms with Gasteiger partial charge in [0.25, 0.3) is 0 Å². The Kier molecular flexibility index (Phi) is 5.17. The molecule has 0 bridgehead atoms. The average molecular weight is 475 g/mol. The molecular formula is C26H27ClN6O. The fourth-order valence-corrected chi connectivity index (χ4v) is 5.33. The van der Waals surface area contributed by atoms with Crippen molar-refractivity contribution in [2.24, 2.45) is 5.92 Å². The highest BCUT2D eigenvalue weighted by Crippen LogP contribution is 2.33. The Bertz CT molecular complexity index is 1410. The molecule has 3 heterocycles. The predicted molar refractivity (Wildman–Crippen MR) is 134 cm³/mol. The summed E-state index contributed by atoms with van der Waals surface area (Å²) in [5, 5.41) is 10.7. The fraction of sp³-hybridized carbons (Fsp3) is 0.385. The minimum absolute atomic E-state index is 0.104. The molecule has 1 atom stereocenters. The van der Waals surface area contributed by atoms with Crippen LogP contribution in [-0.2, 0) is 4.79 Å². The zero-order chi connectivity index (χ0) is 23.4. The van der Waals surface area contributed by atoms with E-state index in [2.05, 4.69) is 50.4 Å². The van der Waals surface area contributed by atoms with Crippen molar-refractivity contribution >= 4 is 40.0 Å². The van der Waals surface area contributed by atoms with Gasteiger partial charge >= 0.3 is 0 Å². The van der Waals surface area contributed by atoms with Gasteiger partial charge in [-0.3, -0.25) is 4.79 Å². The van der Waals surface area contributed by atoms with E-state index >= 15 is 0 Å². The summed E-state index contributed by atoms with van der Waals surface area (Å²) in [6.45, 7) is 6.32. The molecule has 6 rings (SSSR count). The Morgan fingerprint density at radius 2 is 1.91 bits per heavy atom. The first-order chi connectivity index (χ1) is 16.5. The van der Waals surface area contributed by atoms with Crippen molar-refractivity contribution in [1.29, 1.82) is 0 Å². The lowest BCUT2D eigenvalue weighted by atomic mass is 9.84. The summed E-state index contributed by atoms with van der Waals surface area (Å²) in [5.74, 6) is 2.09. The van der Waals surface area contributed by atoms with Gasteiger partial charge in [-0.25, -0.2) is 9.38 Å². The summed E-state index contributed by atoms with van der Waals surface area (Å²) in [5.41, 5.74) is 3.70. The minimum Gasteiger partial charge on any atom is -0.338 e. The van der Waals surface area contributed by atoms with Gasteiger partial charge in [0, 0.05) is 47.6 Å². The lowest BCUT2D eigenvalue weighted by Gasteiger charge is -2.43. The number of aryl methyl sites for hydroxylation is 1. The Labute approximate surface area is 203 Å². The highest BCUT2D eigenvalue weighted by Gasteiger charge is 2.35. The Morgan fingerprint density at radius 1 is 1.09 bits per heavy atom. The van der Waals surface area contributed by atoms with Crippen LogP contribution in [0.5, 0.6) is 0 Å². The quantitative estimate of drug-likeness (QED) is 0.429. The second-order valence-electron chi connectivity index (χ2n) is 9.53. The molecule has 4 aromatic rings. The van der Waals surface area contributed by atoms with Crippen molar-refractivity contribution in [3.63, 3.8) is 0 Å². The van der Waals surface area contributed by atoms with Gasteiger partial charge in [-0.2, -0.15) is 0 Å². The van der Waals surface area contributed by atoms with Crippen molar-refractivity contribution in [1.82, 2.24) is 24.5 Å². The Morgan fingerprint density at radius 3 is 2.65 bits per heavy atom. The standard InChI is InChI=1S/C26H27ClN6O/c1-16-6-3-4-9-20(16)23-29-30-24-21-11-10-19(27)14-22(21)28-26(33(23)24)31-12-13-32(17(2)15-31)25(34)18-7-5-8-18/h3-4,6,9-11,14,17-18H,5,7-8,12-13,15H2,1-2H3/t17-/m0/s1. The van der Waals surface area contributed by atoms with E-state index in [1.54, 1.807) is 0 Å². The molecule has 1 saturated carbocycles. The molecule has 34 heavy (non-hydrogen) atoms. The first-order valence-corrected chi connectivity index (χ1v) is 12.3. The third-order valence-corrected chi connectivity index (χ3v) is 7.55. The van der Waals surface area contributed by atoms with Crippen molar-refractivity contribution in [3.8, 4) is 11.4 Å². The molecule has 1 aliphatic heterocycles. The van der Waals surface area contributed by atoms with E-state index in [0.717, 1.165) is 52.3 Å². The SMILES string of the molecule is Cc1ccccc1-c1nnc2c3ccc(Cl)cc3nc(N3CCN(C(=O)C4CCC4)[C@@H](C)C3)n12. The van der Waals surface area contributed by atoms with Gasteiger partial charge < -0.3 is 9.80 Å². The third kappa shape index (κ3) is 3.41. The van der Waals surface area contributed by atoms with E-state index in [4.69, 9.17) is 16.6 Å². The van der Waals surface area contributed by atoms with Crippen LogP contribution in [-0.4, -0.2) is 56.1 Å². The number of carbonyl (C=O) groups excluding carboxylic acids is 1. The minimum atomic E-state index is 0.104. The molecule has 2 aromatic heterocycles. The molecule has 8 heteroatoms. The van der Waals surface area contributed by atoms with E-state index < -0.39 is 0 Å². The zero-order valence-electron chi connectivity index (χ0n) is 19.4. The van der Waals surface area contributed by atoms with E-state index in [9.17, 15) is 4.79 Å². The highest BCUT2D eigenvalue weighted by atomic mass is 35.5. The van der Waals surface area contributed by atoms with Gasteiger partial charge in [-0.05, 0) is 50.5 Å². The van der Waals surface area contributed by atoms with Crippen LogP contribution in [0.4, 0.5) is 5.95 Å². The van der Waals surface area contributed by atoms with Crippen LogP contribution in [0.25, 0.3) is 27.9 Å².